The maximum atomic E-state index is 14.1. The fourth-order valence-electron chi connectivity index (χ4n) is 5.83. The third kappa shape index (κ3) is 11.5. The van der Waals surface area contributed by atoms with Crippen LogP contribution in [-0.2, 0) is 37.0 Å². The molecule has 7 heteroatoms. The molecule has 4 aromatic rings. The number of carbonyl (C=O) groups is 2. The Kier molecular flexibility index (Phi) is 13.8. The zero-order chi connectivity index (χ0) is 33.6. The van der Waals surface area contributed by atoms with Crippen molar-refractivity contribution in [3.63, 3.8) is 0 Å². The van der Waals surface area contributed by atoms with Crippen LogP contribution in [0.3, 0.4) is 0 Å². The third-order valence-electron chi connectivity index (χ3n) is 8.46. The summed E-state index contributed by atoms with van der Waals surface area (Å²) in [6.45, 7) is 4.86. The number of hydrogen-bond donors (Lipinski definition) is 3. The van der Waals surface area contributed by atoms with Crippen molar-refractivity contribution in [3.05, 3.63) is 142 Å². The molecule has 4 aromatic carbocycles. The molecule has 0 bridgehead atoms. The lowest BCUT2D eigenvalue weighted by molar-refractivity contribution is -0.123. The van der Waals surface area contributed by atoms with Crippen molar-refractivity contribution in [3.8, 4) is 0 Å². The first kappa shape index (κ1) is 35.7. The van der Waals surface area contributed by atoms with E-state index in [1.807, 2.05) is 66.7 Å². The first-order valence-corrected chi connectivity index (χ1v) is 16.6. The number of ketones is 1. The second-order valence-corrected chi connectivity index (χ2v) is 12.3. The molecule has 0 aliphatic rings. The highest BCUT2D eigenvalue weighted by Crippen LogP contribution is 2.21. The normalized spacial score (nSPS) is 13.1. The minimum atomic E-state index is -1.07. The Balaban J connectivity index is 1.49. The average Bonchev–Trinajstić information content (AvgIpc) is 3.06. The molecule has 0 aromatic heterocycles. The van der Waals surface area contributed by atoms with Crippen LogP contribution in [0.1, 0.15) is 71.3 Å². The number of unbranched alkanes of at least 4 members (excludes halogenated alkanes) is 1. The van der Waals surface area contributed by atoms with E-state index >= 15 is 0 Å². The molecule has 0 radical (unpaired) electrons. The van der Waals surface area contributed by atoms with Crippen molar-refractivity contribution in [2.24, 2.45) is 5.92 Å². The molecule has 5 nitrogen and oxygen atoms in total. The van der Waals surface area contributed by atoms with E-state index in [0.717, 1.165) is 48.4 Å². The Labute approximate surface area is 277 Å². The van der Waals surface area contributed by atoms with Gasteiger partial charge in [-0.2, -0.15) is 0 Å². The van der Waals surface area contributed by atoms with Crippen LogP contribution in [0.25, 0.3) is 0 Å². The van der Waals surface area contributed by atoms with Crippen LogP contribution in [0.4, 0.5) is 8.78 Å². The van der Waals surface area contributed by atoms with E-state index in [2.05, 4.69) is 36.6 Å². The van der Waals surface area contributed by atoms with E-state index in [-0.39, 0.29) is 25.2 Å². The van der Waals surface area contributed by atoms with Gasteiger partial charge >= 0.3 is 0 Å². The predicted octanol–water partition coefficient (Wildman–Crippen LogP) is 7.18. The van der Waals surface area contributed by atoms with Gasteiger partial charge in [-0.3, -0.25) is 9.59 Å². The molecule has 0 saturated carbocycles. The van der Waals surface area contributed by atoms with Gasteiger partial charge in [0.25, 0.3) is 0 Å². The Morgan fingerprint density at radius 1 is 0.745 bits per heavy atom. The van der Waals surface area contributed by atoms with E-state index < -0.39 is 35.6 Å². The van der Waals surface area contributed by atoms with Crippen LogP contribution in [0.5, 0.6) is 0 Å². The Morgan fingerprint density at radius 2 is 1.43 bits per heavy atom. The zero-order valence-electron chi connectivity index (χ0n) is 27.4. The summed E-state index contributed by atoms with van der Waals surface area (Å²) in [6.07, 6.45) is 3.20. The molecule has 1 amide bonds. The Bertz CT molecular complexity index is 1560. The zero-order valence-corrected chi connectivity index (χ0v) is 27.4. The summed E-state index contributed by atoms with van der Waals surface area (Å²) in [5, 5.41) is 17.4. The second kappa shape index (κ2) is 18.2. The molecule has 3 unspecified atom stereocenters. The lowest BCUT2D eigenvalue weighted by atomic mass is 9.87. The third-order valence-corrected chi connectivity index (χ3v) is 8.46. The summed E-state index contributed by atoms with van der Waals surface area (Å²) in [4.78, 5) is 27.4. The van der Waals surface area contributed by atoms with Crippen LogP contribution in [0.2, 0.25) is 0 Å². The van der Waals surface area contributed by atoms with Gasteiger partial charge < -0.3 is 15.7 Å². The maximum Gasteiger partial charge on any atom is 0.221 e. The number of halogens is 2. The number of benzene rings is 4. The van der Waals surface area contributed by atoms with Crippen molar-refractivity contribution in [2.75, 3.05) is 6.54 Å². The van der Waals surface area contributed by atoms with Gasteiger partial charge in [0.15, 0.2) is 5.78 Å². The number of hydrogen-bond acceptors (Lipinski definition) is 4. The standard InChI is InChI=1S/C40H46F2N2O3/c1-3-5-10-29-15-17-33(18-16-29)40(47)34(20-30-11-7-6-8-12-30)24-39(46)44-37(23-32-21-35(41)25-36(42)22-32)38(45)27-43-26-31-14-9-13-28(4-2)19-31/h6-9,11-19,21-22,25,34,37-38,43,45H,3-5,10,20,23-24,26-27H2,1-2H3,(H,44,46). The lowest BCUT2D eigenvalue weighted by Crippen LogP contribution is -2.49. The number of amides is 1. The highest BCUT2D eigenvalue weighted by atomic mass is 19.1. The van der Waals surface area contributed by atoms with Crippen molar-refractivity contribution < 1.29 is 23.5 Å². The van der Waals surface area contributed by atoms with Gasteiger partial charge in [-0.25, -0.2) is 8.78 Å². The van der Waals surface area contributed by atoms with Crippen molar-refractivity contribution in [1.82, 2.24) is 10.6 Å². The first-order chi connectivity index (χ1) is 22.7. The molecular weight excluding hydrogens is 594 g/mol. The van der Waals surface area contributed by atoms with Gasteiger partial charge in [-0.1, -0.05) is 99.1 Å². The van der Waals surface area contributed by atoms with E-state index in [4.69, 9.17) is 0 Å². The number of aryl methyl sites for hydroxylation is 2. The summed E-state index contributed by atoms with van der Waals surface area (Å²) in [6, 6.07) is 27.6. The Hall–Kier alpha value is -4.20. The molecule has 0 aliphatic heterocycles. The van der Waals surface area contributed by atoms with Crippen molar-refractivity contribution >= 4 is 11.7 Å². The average molecular weight is 641 g/mol. The minimum Gasteiger partial charge on any atom is -0.390 e. The summed E-state index contributed by atoms with van der Waals surface area (Å²) in [5.74, 6) is -2.67. The molecule has 3 N–H and O–H groups in total. The molecule has 0 heterocycles. The molecule has 3 atom stereocenters. The number of nitrogens with one attached hydrogen (secondary N) is 2. The van der Waals surface area contributed by atoms with Gasteiger partial charge in [0.1, 0.15) is 11.6 Å². The number of Topliss-reactive ketones (excluding diaryl/α,β-unsaturated/α-hetero) is 1. The number of aliphatic hydroxyl groups excluding tert-OH is 1. The van der Waals surface area contributed by atoms with Gasteiger partial charge in [0, 0.05) is 37.1 Å². The second-order valence-electron chi connectivity index (χ2n) is 12.3. The predicted molar refractivity (Wildman–Crippen MR) is 183 cm³/mol. The fraction of sp³-hybridized carbons (Fsp3) is 0.350. The highest BCUT2D eigenvalue weighted by Gasteiger charge is 2.27. The minimum absolute atomic E-state index is 0.00507. The largest absolute Gasteiger partial charge is 0.390 e. The van der Waals surface area contributed by atoms with Crippen LogP contribution in [-0.4, -0.2) is 35.5 Å². The summed E-state index contributed by atoms with van der Waals surface area (Å²) in [5.41, 5.74) is 5.21. The molecular formula is C40H46F2N2O3. The lowest BCUT2D eigenvalue weighted by Gasteiger charge is -2.26. The maximum absolute atomic E-state index is 14.1. The topological polar surface area (TPSA) is 78.4 Å². The molecule has 0 spiro atoms. The van der Waals surface area contributed by atoms with Gasteiger partial charge in [0.05, 0.1) is 12.1 Å². The SMILES string of the molecule is CCCCc1ccc(C(=O)C(CC(=O)NC(Cc2cc(F)cc(F)c2)C(O)CNCc2cccc(CC)c2)Cc2ccccc2)cc1. The highest BCUT2D eigenvalue weighted by molar-refractivity contribution is 6.00. The summed E-state index contributed by atoms with van der Waals surface area (Å²) >= 11 is 0. The van der Waals surface area contributed by atoms with Crippen LogP contribution >= 0.6 is 0 Å². The van der Waals surface area contributed by atoms with Gasteiger partial charge in [-0.15, -0.1) is 0 Å². The molecule has 248 valence electrons. The summed E-state index contributed by atoms with van der Waals surface area (Å²) in [7, 11) is 0. The van der Waals surface area contributed by atoms with Crippen molar-refractivity contribution in [2.45, 2.75) is 77.5 Å². The molecule has 4 rings (SSSR count). The number of aliphatic hydroxyl groups is 1. The molecule has 47 heavy (non-hydrogen) atoms. The molecule has 0 saturated heterocycles. The van der Waals surface area contributed by atoms with Gasteiger partial charge in [-0.05, 0) is 72.1 Å². The number of carbonyl (C=O) groups excluding carboxylic acids is 2. The Morgan fingerprint density at radius 3 is 2.11 bits per heavy atom. The van der Waals surface area contributed by atoms with E-state index in [1.165, 1.54) is 17.7 Å². The monoisotopic (exact) mass is 640 g/mol. The number of rotatable bonds is 18. The van der Waals surface area contributed by atoms with Crippen LogP contribution in [0, 0.1) is 17.6 Å². The van der Waals surface area contributed by atoms with E-state index in [1.54, 1.807) is 0 Å². The quantitative estimate of drug-likeness (QED) is 0.101. The summed E-state index contributed by atoms with van der Waals surface area (Å²) < 4.78 is 28.1. The fourth-order valence-corrected chi connectivity index (χ4v) is 5.83. The first-order valence-electron chi connectivity index (χ1n) is 16.6. The van der Waals surface area contributed by atoms with Crippen LogP contribution < -0.4 is 10.6 Å². The van der Waals surface area contributed by atoms with Gasteiger partial charge in [0.2, 0.25) is 5.91 Å². The van der Waals surface area contributed by atoms with E-state index in [9.17, 15) is 23.5 Å². The van der Waals surface area contributed by atoms with Crippen molar-refractivity contribution in [1.29, 1.82) is 0 Å². The van der Waals surface area contributed by atoms with Crippen LogP contribution in [0.15, 0.2) is 97.1 Å². The molecule has 0 aliphatic carbocycles. The molecule has 0 fully saturated rings. The van der Waals surface area contributed by atoms with E-state index in [0.29, 0.717) is 24.1 Å². The smallest absolute Gasteiger partial charge is 0.221 e.